The second-order valence-electron chi connectivity index (χ2n) is 3.92. The second-order valence-corrected chi connectivity index (χ2v) is 3.92. The van der Waals surface area contributed by atoms with Crippen molar-refractivity contribution in [2.45, 2.75) is 19.9 Å². The summed E-state index contributed by atoms with van der Waals surface area (Å²) in [5, 5.41) is 7.85. The lowest BCUT2D eigenvalue weighted by Gasteiger charge is -2.05. The van der Waals surface area contributed by atoms with Crippen molar-refractivity contribution in [2.75, 3.05) is 7.11 Å². The molecule has 0 fully saturated rings. The van der Waals surface area contributed by atoms with Gasteiger partial charge in [-0.05, 0) is 31.5 Å². The zero-order valence-corrected chi connectivity index (χ0v) is 10.1. The van der Waals surface area contributed by atoms with Gasteiger partial charge in [-0.25, -0.2) is 0 Å². The topological polar surface area (TPSA) is 74.2 Å². The number of ether oxygens (including phenoxy) is 1. The van der Waals surface area contributed by atoms with Gasteiger partial charge in [-0.1, -0.05) is 6.07 Å². The molecule has 2 N–H and O–H groups in total. The van der Waals surface area contributed by atoms with Crippen molar-refractivity contribution in [1.82, 2.24) is 10.2 Å². The van der Waals surface area contributed by atoms with Crippen LogP contribution in [0, 0.1) is 6.92 Å². The predicted octanol–water partition coefficient (Wildman–Crippen LogP) is 2.07. The molecule has 2 aromatic rings. The summed E-state index contributed by atoms with van der Waals surface area (Å²) in [6.45, 7) is 3.77. The highest BCUT2D eigenvalue weighted by atomic mass is 16.5. The number of aromatic nitrogens is 2. The molecule has 0 aliphatic rings. The number of hydrogen-bond acceptors (Lipinski definition) is 5. The summed E-state index contributed by atoms with van der Waals surface area (Å²) < 4.78 is 10.7. The third-order valence-electron chi connectivity index (χ3n) is 2.49. The minimum absolute atomic E-state index is 0.261. The molecule has 0 aliphatic carbocycles. The summed E-state index contributed by atoms with van der Waals surface area (Å²) in [4.78, 5) is 0. The standard InChI is InChI=1S/C12H15N3O2/c1-7-4-5-9(6-10(7)16-3)12-15-14-11(17-12)8(2)13/h4-6,8H,13H2,1-3H3. The molecule has 1 aromatic carbocycles. The maximum atomic E-state index is 5.66. The molecule has 0 saturated heterocycles. The molecule has 1 heterocycles. The van der Waals surface area contributed by atoms with Crippen molar-refractivity contribution < 1.29 is 9.15 Å². The van der Waals surface area contributed by atoms with Gasteiger partial charge >= 0.3 is 0 Å². The Balaban J connectivity index is 2.38. The van der Waals surface area contributed by atoms with Crippen LogP contribution in [0.15, 0.2) is 22.6 Å². The molecular weight excluding hydrogens is 218 g/mol. The predicted molar refractivity (Wildman–Crippen MR) is 63.6 cm³/mol. The van der Waals surface area contributed by atoms with Gasteiger partial charge in [0.15, 0.2) is 0 Å². The smallest absolute Gasteiger partial charge is 0.247 e. The quantitative estimate of drug-likeness (QED) is 0.878. The van der Waals surface area contributed by atoms with E-state index in [1.807, 2.05) is 25.1 Å². The van der Waals surface area contributed by atoms with Crippen LogP contribution < -0.4 is 10.5 Å². The maximum absolute atomic E-state index is 5.66. The Hall–Kier alpha value is -1.88. The minimum Gasteiger partial charge on any atom is -0.496 e. The van der Waals surface area contributed by atoms with E-state index in [0.29, 0.717) is 11.8 Å². The van der Waals surface area contributed by atoms with Crippen LogP contribution >= 0.6 is 0 Å². The fourth-order valence-corrected chi connectivity index (χ4v) is 1.49. The lowest BCUT2D eigenvalue weighted by atomic mass is 10.1. The molecule has 0 aliphatic heterocycles. The van der Waals surface area contributed by atoms with E-state index < -0.39 is 0 Å². The lowest BCUT2D eigenvalue weighted by Crippen LogP contribution is -2.04. The minimum atomic E-state index is -0.261. The molecule has 0 bridgehead atoms. The second kappa shape index (κ2) is 4.55. The highest BCUT2D eigenvalue weighted by molar-refractivity contribution is 5.57. The number of methoxy groups -OCH3 is 1. The normalized spacial score (nSPS) is 12.5. The van der Waals surface area contributed by atoms with Gasteiger partial charge in [-0.2, -0.15) is 0 Å². The molecule has 90 valence electrons. The molecule has 0 saturated carbocycles. The van der Waals surface area contributed by atoms with Crippen molar-refractivity contribution >= 4 is 0 Å². The van der Waals surface area contributed by atoms with Crippen LogP contribution in [0.2, 0.25) is 0 Å². The largest absolute Gasteiger partial charge is 0.496 e. The van der Waals surface area contributed by atoms with Crippen molar-refractivity contribution in [3.8, 4) is 17.2 Å². The van der Waals surface area contributed by atoms with Crippen LogP contribution in [0.25, 0.3) is 11.5 Å². The van der Waals surface area contributed by atoms with E-state index in [-0.39, 0.29) is 6.04 Å². The summed E-state index contributed by atoms with van der Waals surface area (Å²) in [5.41, 5.74) is 7.55. The first-order chi connectivity index (χ1) is 8.11. The average Bonchev–Trinajstić information content (AvgIpc) is 2.79. The average molecular weight is 233 g/mol. The first-order valence-electron chi connectivity index (χ1n) is 5.36. The highest BCUT2D eigenvalue weighted by Gasteiger charge is 2.12. The first kappa shape index (κ1) is 11.6. The van der Waals surface area contributed by atoms with Gasteiger partial charge in [0.25, 0.3) is 0 Å². The molecule has 17 heavy (non-hydrogen) atoms. The third kappa shape index (κ3) is 2.29. The molecule has 0 amide bonds. The van der Waals surface area contributed by atoms with E-state index in [0.717, 1.165) is 16.9 Å². The van der Waals surface area contributed by atoms with Crippen LogP contribution in [0.4, 0.5) is 0 Å². The summed E-state index contributed by atoms with van der Waals surface area (Å²) in [5.74, 6) is 1.68. The Morgan fingerprint density at radius 2 is 2.12 bits per heavy atom. The number of nitrogens with two attached hydrogens (primary N) is 1. The Bertz CT molecular complexity index is 520. The SMILES string of the molecule is COc1cc(-c2nnc(C(C)N)o2)ccc1C. The third-order valence-corrected chi connectivity index (χ3v) is 2.49. The van der Waals surface area contributed by atoms with Crippen molar-refractivity contribution in [1.29, 1.82) is 0 Å². The zero-order chi connectivity index (χ0) is 12.4. The van der Waals surface area contributed by atoms with Crippen LogP contribution in [-0.2, 0) is 0 Å². The highest BCUT2D eigenvalue weighted by Crippen LogP contribution is 2.26. The molecule has 0 radical (unpaired) electrons. The van der Waals surface area contributed by atoms with E-state index in [1.165, 1.54) is 0 Å². The Labute approximate surface area is 99.6 Å². The molecule has 0 spiro atoms. The molecule has 2 rings (SSSR count). The first-order valence-corrected chi connectivity index (χ1v) is 5.36. The summed E-state index contributed by atoms with van der Waals surface area (Å²) >= 11 is 0. The Morgan fingerprint density at radius 1 is 1.35 bits per heavy atom. The summed E-state index contributed by atoms with van der Waals surface area (Å²) in [7, 11) is 1.63. The monoisotopic (exact) mass is 233 g/mol. The van der Waals surface area contributed by atoms with E-state index in [1.54, 1.807) is 14.0 Å². The number of benzene rings is 1. The van der Waals surface area contributed by atoms with E-state index in [4.69, 9.17) is 14.9 Å². The van der Waals surface area contributed by atoms with Crippen LogP contribution in [-0.4, -0.2) is 17.3 Å². The molecule has 1 unspecified atom stereocenters. The number of nitrogens with zero attached hydrogens (tertiary/aromatic N) is 2. The Kier molecular flexibility index (Phi) is 3.10. The van der Waals surface area contributed by atoms with Gasteiger partial charge in [-0.15, -0.1) is 10.2 Å². The molecule has 5 heteroatoms. The molecule has 1 atom stereocenters. The van der Waals surface area contributed by atoms with Crippen LogP contribution in [0.1, 0.15) is 24.4 Å². The summed E-state index contributed by atoms with van der Waals surface area (Å²) in [6.07, 6.45) is 0. The van der Waals surface area contributed by atoms with E-state index in [2.05, 4.69) is 10.2 Å². The van der Waals surface area contributed by atoms with Gasteiger partial charge in [-0.3, -0.25) is 0 Å². The number of hydrogen-bond donors (Lipinski definition) is 1. The molecular formula is C12H15N3O2. The van der Waals surface area contributed by atoms with Gasteiger partial charge in [0.2, 0.25) is 11.8 Å². The molecule has 1 aromatic heterocycles. The van der Waals surface area contributed by atoms with E-state index in [9.17, 15) is 0 Å². The van der Waals surface area contributed by atoms with Crippen molar-refractivity contribution in [2.24, 2.45) is 5.73 Å². The fourth-order valence-electron chi connectivity index (χ4n) is 1.49. The number of aryl methyl sites for hydroxylation is 1. The Morgan fingerprint density at radius 3 is 2.71 bits per heavy atom. The van der Waals surface area contributed by atoms with Crippen LogP contribution in [0.3, 0.4) is 0 Å². The van der Waals surface area contributed by atoms with E-state index >= 15 is 0 Å². The number of rotatable bonds is 3. The maximum Gasteiger partial charge on any atom is 0.247 e. The van der Waals surface area contributed by atoms with Gasteiger partial charge in [0.1, 0.15) is 5.75 Å². The fraction of sp³-hybridized carbons (Fsp3) is 0.333. The van der Waals surface area contributed by atoms with Crippen molar-refractivity contribution in [3.63, 3.8) is 0 Å². The lowest BCUT2D eigenvalue weighted by molar-refractivity contribution is 0.411. The van der Waals surface area contributed by atoms with Gasteiger partial charge < -0.3 is 14.9 Å². The van der Waals surface area contributed by atoms with Gasteiger partial charge in [0, 0.05) is 5.56 Å². The zero-order valence-electron chi connectivity index (χ0n) is 10.1. The van der Waals surface area contributed by atoms with Crippen molar-refractivity contribution in [3.05, 3.63) is 29.7 Å². The van der Waals surface area contributed by atoms with Crippen LogP contribution in [0.5, 0.6) is 5.75 Å². The summed E-state index contributed by atoms with van der Waals surface area (Å²) in [6, 6.07) is 5.47. The molecule has 5 nitrogen and oxygen atoms in total. The van der Waals surface area contributed by atoms with Gasteiger partial charge in [0.05, 0.1) is 13.2 Å².